The Kier molecular flexibility index (Phi) is 7.76. The SMILES string of the molecule is CCOC(=O)c1ccccc1NC(=O)CCN(CC1CCCO1)S(C)(=O)=O. The Morgan fingerprint density at radius 2 is 2.07 bits per heavy atom. The quantitative estimate of drug-likeness (QED) is 0.635. The summed E-state index contributed by atoms with van der Waals surface area (Å²) >= 11 is 0. The van der Waals surface area contributed by atoms with Gasteiger partial charge in [-0.25, -0.2) is 13.2 Å². The number of nitrogens with zero attached hydrogens (tertiary/aromatic N) is 1. The number of rotatable bonds is 9. The highest BCUT2D eigenvalue weighted by atomic mass is 32.2. The van der Waals surface area contributed by atoms with Crippen molar-refractivity contribution in [2.24, 2.45) is 0 Å². The number of amides is 1. The van der Waals surface area contributed by atoms with Crippen LogP contribution < -0.4 is 5.32 Å². The minimum atomic E-state index is -3.45. The first kappa shape index (κ1) is 21.3. The van der Waals surface area contributed by atoms with Crippen LogP contribution in [0.15, 0.2) is 24.3 Å². The Balaban J connectivity index is 1.97. The molecule has 1 heterocycles. The summed E-state index contributed by atoms with van der Waals surface area (Å²) in [6.07, 6.45) is 2.68. The zero-order valence-corrected chi connectivity index (χ0v) is 16.5. The summed E-state index contributed by atoms with van der Waals surface area (Å²) in [4.78, 5) is 24.3. The number of hydrogen-bond donors (Lipinski definition) is 1. The van der Waals surface area contributed by atoms with E-state index in [4.69, 9.17) is 9.47 Å². The average Bonchev–Trinajstić information content (AvgIpc) is 3.11. The minimum absolute atomic E-state index is 0.0308. The minimum Gasteiger partial charge on any atom is -0.462 e. The summed E-state index contributed by atoms with van der Waals surface area (Å²) in [5, 5.41) is 2.66. The number of carbonyl (C=O) groups excluding carboxylic acids is 2. The molecule has 2 rings (SSSR count). The van der Waals surface area contributed by atoms with Gasteiger partial charge in [-0.2, -0.15) is 4.31 Å². The molecule has 1 saturated heterocycles. The lowest BCUT2D eigenvalue weighted by atomic mass is 10.1. The van der Waals surface area contributed by atoms with Crippen LogP contribution >= 0.6 is 0 Å². The van der Waals surface area contributed by atoms with E-state index in [2.05, 4.69) is 5.32 Å². The number of nitrogens with one attached hydrogen (secondary N) is 1. The van der Waals surface area contributed by atoms with E-state index in [-0.39, 0.29) is 43.7 Å². The highest BCUT2D eigenvalue weighted by Gasteiger charge is 2.25. The second-order valence-electron chi connectivity index (χ2n) is 6.32. The maximum atomic E-state index is 12.3. The van der Waals surface area contributed by atoms with Crippen LogP contribution in [0.4, 0.5) is 5.69 Å². The van der Waals surface area contributed by atoms with Gasteiger partial charge in [0.2, 0.25) is 15.9 Å². The molecule has 0 aliphatic carbocycles. The van der Waals surface area contributed by atoms with Crippen LogP contribution in [0.1, 0.15) is 36.5 Å². The van der Waals surface area contributed by atoms with Gasteiger partial charge in [0.1, 0.15) is 0 Å². The summed E-state index contributed by atoms with van der Waals surface area (Å²) < 4.78 is 35.7. The normalized spacial score (nSPS) is 17.1. The number of sulfonamides is 1. The van der Waals surface area contributed by atoms with Gasteiger partial charge >= 0.3 is 5.97 Å². The molecule has 1 fully saturated rings. The molecule has 0 aromatic heterocycles. The van der Waals surface area contributed by atoms with Crippen molar-refractivity contribution in [3.63, 3.8) is 0 Å². The number of benzene rings is 1. The van der Waals surface area contributed by atoms with E-state index >= 15 is 0 Å². The molecule has 150 valence electrons. The molecule has 1 aliphatic rings. The highest BCUT2D eigenvalue weighted by Crippen LogP contribution is 2.18. The van der Waals surface area contributed by atoms with E-state index in [0.717, 1.165) is 19.1 Å². The molecule has 1 aromatic carbocycles. The van der Waals surface area contributed by atoms with E-state index < -0.39 is 16.0 Å². The van der Waals surface area contributed by atoms with Gasteiger partial charge < -0.3 is 14.8 Å². The molecule has 8 nitrogen and oxygen atoms in total. The summed E-state index contributed by atoms with van der Waals surface area (Å²) in [6, 6.07) is 6.53. The van der Waals surface area contributed by atoms with Crippen LogP contribution in [0.25, 0.3) is 0 Å². The van der Waals surface area contributed by atoms with Crippen molar-refractivity contribution < 1.29 is 27.5 Å². The third kappa shape index (κ3) is 6.60. The highest BCUT2D eigenvalue weighted by molar-refractivity contribution is 7.88. The Morgan fingerprint density at radius 3 is 2.70 bits per heavy atom. The number of esters is 1. The van der Waals surface area contributed by atoms with Crippen molar-refractivity contribution in [1.82, 2.24) is 4.31 Å². The molecule has 9 heteroatoms. The zero-order chi connectivity index (χ0) is 19.9. The van der Waals surface area contributed by atoms with Gasteiger partial charge in [-0.1, -0.05) is 12.1 Å². The van der Waals surface area contributed by atoms with Gasteiger partial charge in [0.05, 0.1) is 30.2 Å². The van der Waals surface area contributed by atoms with Gasteiger partial charge in [-0.3, -0.25) is 4.79 Å². The fraction of sp³-hybridized carbons (Fsp3) is 0.556. The molecule has 1 N–H and O–H groups in total. The largest absolute Gasteiger partial charge is 0.462 e. The Hall–Kier alpha value is -1.97. The van der Waals surface area contributed by atoms with E-state index in [1.54, 1.807) is 31.2 Å². The molecule has 1 aromatic rings. The molecule has 1 amide bonds. The molecule has 0 bridgehead atoms. The van der Waals surface area contributed by atoms with Gasteiger partial charge in [-0.15, -0.1) is 0 Å². The number of para-hydroxylation sites is 1. The lowest BCUT2D eigenvalue weighted by molar-refractivity contribution is -0.116. The fourth-order valence-corrected chi connectivity index (χ4v) is 3.69. The lowest BCUT2D eigenvalue weighted by Gasteiger charge is -2.22. The topological polar surface area (TPSA) is 102 Å². The third-order valence-corrected chi connectivity index (χ3v) is 5.45. The number of hydrogen-bond acceptors (Lipinski definition) is 6. The van der Waals surface area contributed by atoms with Crippen molar-refractivity contribution in [2.75, 3.05) is 37.9 Å². The monoisotopic (exact) mass is 398 g/mol. The first-order chi connectivity index (χ1) is 12.8. The van der Waals surface area contributed by atoms with Crippen molar-refractivity contribution in [1.29, 1.82) is 0 Å². The van der Waals surface area contributed by atoms with Crippen molar-refractivity contribution in [3.05, 3.63) is 29.8 Å². The maximum absolute atomic E-state index is 12.3. The van der Waals surface area contributed by atoms with Gasteiger partial charge in [0.15, 0.2) is 0 Å². The molecule has 27 heavy (non-hydrogen) atoms. The van der Waals surface area contributed by atoms with Crippen LogP contribution in [-0.4, -0.2) is 63.3 Å². The Labute approximate surface area is 159 Å². The first-order valence-electron chi connectivity index (χ1n) is 8.94. The molecular weight excluding hydrogens is 372 g/mol. The zero-order valence-electron chi connectivity index (χ0n) is 15.6. The lowest BCUT2D eigenvalue weighted by Crippen LogP contribution is -2.38. The summed E-state index contributed by atoms with van der Waals surface area (Å²) in [5.41, 5.74) is 0.595. The molecular formula is C18H26N2O6S. The summed E-state index contributed by atoms with van der Waals surface area (Å²) in [5.74, 6) is -0.905. The molecule has 1 atom stereocenters. The van der Waals surface area contributed by atoms with Crippen LogP contribution in [0.2, 0.25) is 0 Å². The standard InChI is InChI=1S/C18H26N2O6S/c1-3-25-18(22)15-8-4-5-9-16(15)19-17(21)10-11-20(27(2,23)24)13-14-7-6-12-26-14/h4-5,8-9,14H,3,6-7,10-13H2,1-2H3,(H,19,21). The number of carbonyl (C=O) groups is 2. The first-order valence-corrected chi connectivity index (χ1v) is 10.8. The summed E-state index contributed by atoms with van der Waals surface area (Å²) in [7, 11) is -3.45. The smallest absolute Gasteiger partial charge is 0.340 e. The third-order valence-electron chi connectivity index (χ3n) is 4.19. The Morgan fingerprint density at radius 1 is 1.33 bits per heavy atom. The average molecular weight is 398 g/mol. The second kappa shape index (κ2) is 9.82. The summed E-state index contributed by atoms with van der Waals surface area (Å²) in [6.45, 7) is 2.85. The van der Waals surface area contributed by atoms with Crippen molar-refractivity contribution in [2.45, 2.75) is 32.3 Å². The molecule has 1 unspecified atom stereocenters. The maximum Gasteiger partial charge on any atom is 0.340 e. The Bertz CT molecular complexity index is 759. The predicted molar refractivity (Wildman–Crippen MR) is 101 cm³/mol. The van der Waals surface area contributed by atoms with E-state index in [1.807, 2.05) is 0 Å². The second-order valence-corrected chi connectivity index (χ2v) is 8.30. The van der Waals surface area contributed by atoms with Crippen LogP contribution in [0.3, 0.4) is 0 Å². The van der Waals surface area contributed by atoms with Crippen LogP contribution in [0, 0.1) is 0 Å². The van der Waals surface area contributed by atoms with Crippen molar-refractivity contribution >= 4 is 27.6 Å². The van der Waals surface area contributed by atoms with Gasteiger partial charge in [0.25, 0.3) is 0 Å². The van der Waals surface area contributed by atoms with E-state index in [0.29, 0.717) is 12.3 Å². The van der Waals surface area contributed by atoms with E-state index in [9.17, 15) is 18.0 Å². The molecule has 0 spiro atoms. The number of anilines is 1. The number of ether oxygens (including phenoxy) is 2. The van der Waals surface area contributed by atoms with Crippen LogP contribution in [-0.2, 0) is 24.3 Å². The predicted octanol–water partition coefficient (Wildman–Crippen LogP) is 1.63. The molecule has 0 saturated carbocycles. The van der Waals surface area contributed by atoms with Crippen molar-refractivity contribution in [3.8, 4) is 0 Å². The van der Waals surface area contributed by atoms with Crippen LogP contribution in [0.5, 0.6) is 0 Å². The molecule has 0 radical (unpaired) electrons. The fourth-order valence-electron chi connectivity index (χ4n) is 2.83. The van der Waals surface area contributed by atoms with Gasteiger partial charge in [-0.05, 0) is 31.9 Å². The van der Waals surface area contributed by atoms with Gasteiger partial charge in [0, 0.05) is 26.1 Å². The molecule has 1 aliphatic heterocycles. The van der Waals surface area contributed by atoms with E-state index in [1.165, 1.54) is 4.31 Å².